The zero-order valence-corrected chi connectivity index (χ0v) is 18.0. The molecule has 0 aliphatic heterocycles. The molecule has 3 aromatic rings. The van der Waals surface area contributed by atoms with Gasteiger partial charge in [-0.3, -0.25) is 4.79 Å². The Balaban J connectivity index is 1.56. The summed E-state index contributed by atoms with van der Waals surface area (Å²) >= 11 is 6.98. The molecule has 0 radical (unpaired) electrons. The minimum atomic E-state index is -4.79. The molecule has 0 unspecified atom stereocenters. The first-order chi connectivity index (χ1) is 14.6. The molecule has 31 heavy (non-hydrogen) atoms. The highest BCUT2D eigenvalue weighted by molar-refractivity contribution is 7.89. The van der Waals surface area contributed by atoms with Gasteiger partial charge in [-0.05, 0) is 42.5 Å². The van der Waals surface area contributed by atoms with Crippen LogP contribution < -0.4 is 10.0 Å². The number of benzene rings is 2. The second-order valence-electron chi connectivity index (χ2n) is 6.25. The van der Waals surface area contributed by atoms with Crippen LogP contribution in [0, 0.1) is 0 Å². The lowest BCUT2D eigenvalue weighted by Gasteiger charge is -2.12. The van der Waals surface area contributed by atoms with Crippen molar-refractivity contribution in [3.8, 4) is 10.6 Å². The van der Waals surface area contributed by atoms with Crippen LogP contribution in [0.15, 0.2) is 58.9 Å². The number of alkyl halides is 3. The van der Waals surface area contributed by atoms with Gasteiger partial charge in [0.05, 0.1) is 15.5 Å². The van der Waals surface area contributed by atoms with E-state index in [1.165, 1.54) is 11.3 Å². The monoisotopic (exact) mass is 489 g/mol. The van der Waals surface area contributed by atoms with Gasteiger partial charge in [0.25, 0.3) is 0 Å². The van der Waals surface area contributed by atoms with Gasteiger partial charge >= 0.3 is 6.18 Å². The number of thiazole rings is 1. The molecule has 3 rings (SSSR count). The Kier molecular flexibility index (Phi) is 6.99. The molecular formula is C19H15ClF3N3O3S2. The van der Waals surface area contributed by atoms with Crippen LogP contribution in [0.5, 0.6) is 0 Å². The molecule has 1 amide bonds. The minimum Gasteiger partial charge on any atom is -0.326 e. The van der Waals surface area contributed by atoms with Gasteiger partial charge in [0.1, 0.15) is 5.01 Å². The Morgan fingerprint density at radius 2 is 1.84 bits per heavy atom. The summed E-state index contributed by atoms with van der Waals surface area (Å²) in [5, 5.41) is 4.70. The average molecular weight is 490 g/mol. The number of hydrogen-bond donors (Lipinski definition) is 2. The van der Waals surface area contributed by atoms with E-state index in [1.807, 2.05) is 5.38 Å². The summed E-state index contributed by atoms with van der Waals surface area (Å²) in [6, 6.07) is 9.22. The third kappa shape index (κ3) is 6.03. The quantitative estimate of drug-likeness (QED) is 0.499. The van der Waals surface area contributed by atoms with Gasteiger partial charge in [0.15, 0.2) is 0 Å². The molecule has 0 saturated carbocycles. The maximum Gasteiger partial charge on any atom is 0.417 e. The van der Waals surface area contributed by atoms with Gasteiger partial charge in [0.2, 0.25) is 15.9 Å². The maximum absolute atomic E-state index is 12.9. The van der Waals surface area contributed by atoms with Crippen molar-refractivity contribution in [3.63, 3.8) is 0 Å². The maximum atomic E-state index is 12.9. The van der Waals surface area contributed by atoms with Gasteiger partial charge in [-0.25, -0.2) is 18.1 Å². The van der Waals surface area contributed by atoms with Gasteiger partial charge in [-0.2, -0.15) is 13.2 Å². The first kappa shape index (κ1) is 23.2. The molecule has 0 aliphatic rings. The van der Waals surface area contributed by atoms with Crippen molar-refractivity contribution in [2.24, 2.45) is 0 Å². The Labute approximate surface area is 185 Å². The normalized spacial score (nSPS) is 12.0. The number of hydrogen-bond acceptors (Lipinski definition) is 5. The number of carbonyl (C=O) groups excluding carboxylic acids is 1. The molecule has 0 aliphatic carbocycles. The number of carbonyl (C=O) groups is 1. The molecule has 12 heteroatoms. The van der Waals surface area contributed by atoms with Crippen molar-refractivity contribution in [1.29, 1.82) is 0 Å². The minimum absolute atomic E-state index is 0.215. The number of rotatable bonds is 7. The summed E-state index contributed by atoms with van der Waals surface area (Å²) < 4.78 is 65.4. The fraction of sp³-hybridized carbons (Fsp3) is 0.158. The number of sulfonamides is 1. The summed E-state index contributed by atoms with van der Waals surface area (Å²) in [6.45, 7) is -0.296. The zero-order chi connectivity index (χ0) is 22.6. The largest absolute Gasteiger partial charge is 0.417 e. The molecule has 6 nitrogen and oxygen atoms in total. The fourth-order valence-electron chi connectivity index (χ4n) is 2.56. The SMILES string of the molecule is O=C(CCNS(=O)(=O)c1ccc(Cl)c(C(F)(F)F)c1)Nc1ccc(-c2nccs2)cc1. The topological polar surface area (TPSA) is 88.2 Å². The Morgan fingerprint density at radius 3 is 2.45 bits per heavy atom. The second kappa shape index (κ2) is 9.35. The summed E-state index contributed by atoms with van der Waals surface area (Å²) in [6.07, 6.45) is -3.32. The summed E-state index contributed by atoms with van der Waals surface area (Å²) in [5.74, 6) is -0.461. The highest BCUT2D eigenvalue weighted by Crippen LogP contribution is 2.35. The molecule has 1 heterocycles. The van der Waals surface area contributed by atoms with Gasteiger partial charge < -0.3 is 5.32 Å². The van der Waals surface area contributed by atoms with Crippen LogP contribution >= 0.6 is 22.9 Å². The molecule has 2 aromatic carbocycles. The summed E-state index contributed by atoms with van der Waals surface area (Å²) in [4.78, 5) is 15.6. The van der Waals surface area contributed by atoms with E-state index in [0.717, 1.165) is 22.7 Å². The van der Waals surface area contributed by atoms with Crippen LogP contribution in [0.3, 0.4) is 0 Å². The standard InChI is InChI=1S/C19H15ClF3N3O3S2/c20-16-6-5-14(11-15(16)19(21,22)23)31(28,29)25-8-7-17(27)26-13-3-1-12(2-4-13)18-24-9-10-30-18/h1-6,9-11,25H,7-8H2,(H,26,27). The van der Waals surface area contributed by atoms with Crippen LogP contribution in [0.1, 0.15) is 12.0 Å². The van der Waals surface area contributed by atoms with Crippen LogP contribution in [-0.2, 0) is 21.0 Å². The van der Waals surface area contributed by atoms with E-state index in [2.05, 4.69) is 15.0 Å². The lowest BCUT2D eigenvalue weighted by atomic mass is 10.2. The van der Waals surface area contributed by atoms with E-state index in [4.69, 9.17) is 11.6 Å². The molecule has 164 valence electrons. The smallest absolute Gasteiger partial charge is 0.326 e. The van der Waals surface area contributed by atoms with Crippen molar-refractivity contribution in [3.05, 3.63) is 64.6 Å². The third-order valence-corrected chi connectivity index (χ3v) is 6.66. The average Bonchev–Trinajstić information content (AvgIpc) is 3.22. The molecule has 1 aromatic heterocycles. The highest BCUT2D eigenvalue weighted by atomic mass is 35.5. The van der Waals surface area contributed by atoms with E-state index in [1.54, 1.807) is 30.5 Å². The van der Waals surface area contributed by atoms with Crippen LogP contribution in [-0.4, -0.2) is 25.9 Å². The highest BCUT2D eigenvalue weighted by Gasteiger charge is 2.34. The van der Waals surface area contributed by atoms with Crippen LogP contribution in [0.25, 0.3) is 10.6 Å². The number of halogens is 4. The van der Waals surface area contributed by atoms with Gasteiger partial charge in [-0.1, -0.05) is 11.6 Å². The Hall–Kier alpha value is -2.47. The number of amides is 1. The molecule has 0 saturated heterocycles. The summed E-state index contributed by atoms with van der Waals surface area (Å²) in [5.41, 5.74) is 0.151. The molecule has 0 atom stereocenters. The lowest BCUT2D eigenvalue weighted by molar-refractivity contribution is -0.137. The second-order valence-corrected chi connectivity index (χ2v) is 9.32. The number of aromatic nitrogens is 1. The van der Waals surface area contributed by atoms with Crippen molar-refractivity contribution < 1.29 is 26.4 Å². The van der Waals surface area contributed by atoms with Crippen molar-refractivity contribution in [1.82, 2.24) is 9.71 Å². The van der Waals surface area contributed by atoms with Gasteiger partial charge in [-0.15, -0.1) is 11.3 Å². The zero-order valence-electron chi connectivity index (χ0n) is 15.6. The molecule has 0 spiro atoms. The van der Waals surface area contributed by atoms with E-state index >= 15 is 0 Å². The first-order valence-electron chi connectivity index (χ1n) is 8.72. The van der Waals surface area contributed by atoms with Crippen LogP contribution in [0.4, 0.5) is 18.9 Å². The molecule has 0 fully saturated rings. The van der Waals surface area contributed by atoms with Crippen LogP contribution in [0.2, 0.25) is 5.02 Å². The Bertz CT molecular complexity index is 1170. The van der Waals surface area contributed by atoms with Gasteiger partial charge in [0, 0.05) is 35.8 Å². The predicted octanol–water partition coefficient (Wildman–Crippen LogP) is 4.79. The number of nitrogens with one attached hydrogen (secondary N) is 2. The third-order valence-electron chi connectivity index (χ3n) is 4.05. The Morgan fingerprint density at radius 1 is 1.13 bits per heavy atom. The summed E-state index contributed by atoms with van der Waals surface area (Å²) in [7, 11) is -4.25. The number of anilines is 1. The lowest BCUT2D eigenvalue weighted by Crippen LogP contribution is -2.28. The van der Waals surface area contributed by atoms with E-state index in [9.17, 15) is 26.4 Å². The van der Waals surface area contributed by atoms with E-state index in [-0.39, 0.29) is 13.0 Å². The molecular weight excluding hydrogens is 475 g/mol. The molecule has 0 bridgehead atoms. The van der Waals surface area contributed by atoms with Crippen molar-refractivity contribution in [2.45, 2.75) is 17.5 Å². The van der Waals surface area contributed by atoms with E-state index in [0.29, 0.717) is 11.8 Å². The molecule has 2 N–H and O–H groups in total. The predicted molar refractivity (Wildman–Crippen MR) is 112 cm³/mol. The fourth-order valence-corrected chi connectivity index (χ4v) is 4.48. The number of nitrogens with zero attached hydrogens (tertiary/aromatic N) is 1. The van der Waals surface area contributed by atoms with Crippen molar-refractivity contribution in [2.75, 3.05) is 11.9 Å². The van der Waals surface area contributed by atoms with E-state index < -0.39 is 37.6 Å². The first-order valence-corrected chi connectivity index (χ1v) is 11.5. The van der Waals surface area contributed by atoms with Crippen molar-refractivity contribution >= 4 is 44.6 Å².